The summed E-state index contributed by atoms with van der Waals surface area (Å²) < 4.78 is 1.75. The predicted octanol–water partition coefficient (Wildman–Crippen LogP) is 1.70. The van der Waals surface area contributed by atoms with Crippen molar-refractivity contribution < 1.29 is 0 Å². The number of benzene rings is 1. The molecule has 4 nitrogen and oxygen atoms in total. The zero-order valence-corrected chi connectivity index (χ0v) is 10.7. The van der Waals surface area contributed by atoms with Gasteiger partial charge in [0.2, 0.25) is 5.82 Å². The van der Waals surface area contributed by atoms with E-state index in [0.29, 0.717) is 5.82 Å². The summed E-state index contributed by atoms with van der Waals surface area (Å²) in [6.07, 6.45) is 1.65. The van der Waals surface area contributed by atoms with Crippen LogP contribution >= 0.6 is 24.0 Å². The molecule has 1 aromatic heterocycles. The van der Waals surface area contributed by atoms with E-state index in [0.717, 1.165) is 12.3 Å². The number of hydrogen-bond donors (Lipinski definition) is 1. The van der Waals surface area contributed by atoms with Gasteiger partial charge in [0.1, 0.15) is 11.3 Å². The molecule has 0 radical (unpaired) electrons. The highest BCUT2D eigenvalue weighted by Gasteiger charge is 2.02. The van der Waals surface area contributed by atoms with Gasteiger partial charge in [0.25, 0.3) is 0 Å². The van der Waals surface area contributed by atoms with E-state index in [-0.39, 0.29) is 4.99 Å². The zero-order chi connectivity index (χ0) is 12.1. The Balaban J connectivity index is 1.84. The van der Waals surface area contributed by atoms with E-state index in [1.807, 2.05) is 18.2 Å². The van der Waals surface area contributed by atoms with Gasteiger partial charge in [-0.2, -0.15) is 0 Å². The Kier molecular flexibility index (Phi) is 4.11. The molecule has 0 aliphatic heterocycles. The quantitative estimate of drug-likeness (QED) is 0.658. The number of thiocarbonyl (C=S) groups is 1. The van der Waals surface area contributed by atoms with Gasteiger partial charge < -0.3 is 5.73 Å². The first-order chi connectivity index (χ1) is 8.25. The number of nitrogens with two attached hydrogens (primary N) is 1. The normalized spacial score (nSPS) is 10.4. The van der Waals surface area contributed by atoms with Crippen LogP contribution in [0.1, 0.15) is 5.82 Å². The van der Waals surface area contributed by atoms with Crippen LogP contribution in [0.4, 0.5) is 0 Å². The maximum atomic E-state index is 5.43. The molecule has 0 spiro atoms. The lowest BCUT2D eigenvalue weighted by atomic mass is 10.4. The topological polar surface area (TPSA) is 56.7 Å². The second-order valence-corrected chi connectivity index (χ2v) is 4.97. The summed E-state index contributed by atoms with van der Waals surface area (Å²) in [5, 5.41) is 4.17. The van der Waals surface area contributed by atoms with Crippen molar-refractivity contribution in [1.82, 2.24) is 14.8 Å². The van der Waals surface area contributed by atoms with Gasteiger partial charge in [-0.3, -0.25) is 4.68 Å². The molecule has 6 heteroatoms. The molecule has 0 amide bonds. The molecular weight excluding hydrogens is 252 g/mol. The van der Waals surface area contributed by atoms with Crippen molar-refractivity contribution >= 4 is 29.0 Å². The molecule has 0 unspecified atom stereocenters. The molecule has 1 heterocycles. The van der Waals surface area contributed by atoms with Crippen LogP contribution in [-0.2, 0) is 6.54 Å². The molecule has 0 bridgehead atoms. The second kappa shape index (κ2) is 5.79. The molecule has 88 valence electrons. The van der Waals surface area contributed by atoms with Crippen LogP contribution in [0.3, 0.4) is 0 Å². The lowest BCUT2D eigenvalue weighted by Gasteiger charge is -2.01. The van der Waals surface area contributed by atoms with Gasteiger partial charge in [-0.1, -0.05) is 30.4 Å². The summed E-state index contributed by atoms with van der Waals surface area (Å²) in [7, 11) is 0. The summed E-state index contributed by atoms with van der Waals surface area (Å²) in [5.41, 5.74) is 5.43. The van der Waals surface area contributed by atoms with Crippen molar-refractivity contribution in [2.45, 2.75) is 11.4 Å². The van der Waals surface area contributed by atoms with Crippen LogP contribution in [0.2, 0.25) is 0 Å². The molecule has 17 heavy (non-hydrogen) atoms. The molecule has 2 rings (SSSR count). The Morgan fingerprint density at radius 3 is 2.76 bits per heavy atom. The Morgan fingerprint density at radius 2 is 2.12 bits per heavy atom. The SMILES string of the molecule is NC(=S)c1ncn(CCSc2ccccc2)n1. The van der Waals surface area contributed by atoms with E-state index in [2.05, 4.69) is 22.2 Å². The van der Waals surface area contributed by atoms with E-state index < -0.39 is 0 Å². The van der Waals surface area contributed by atoms with Gasteiger partial charge in [0, 0.05) is 10.6 Å². The molecule has 0 saturated carbocycles. The molecule has 0 saturated heterocycles. The molecule has 0 atom stereocenters. The van der Waals surface area contributed by atoms with Gasteiger partial charge in [0.15, 0.2) is 0 Å². The Labute approximate surface area is 109 Å². The first-order valence-electron chi connectivity index (χ1n) is 5.13. The van der Waals surface area contributed by atoms with Crippen LogP contribution in [-0.4, -0.2) is 25.5 Å². The first-order valence-corrected chi connectivity index (χ1v) is 6.52. The van der Waals surface area contributed by atoms with E-state index >= 15 is 0 Å². The van der Waals surface area contributed by atoms with Crippen LogP contribution in [0.5, 0.6) is 0 Å². The molecular formula is C11H12N4S2. The summed E-state index contributed by atoms with van der Waals surface area (Å²) in [4.78, 5) is 5.51. The van der Waals surface area contributed by atoms with Crippen LogP contribution in [0, 0.1) is 0 Å². The third-order valence-corrected chi connectivity index (χ3v) is 3.26. The molecule has 0 fully saturated rings. The first kappa shape index (κ1) is 12.1. The third-order valence-electron chi connectivity index (χ3n) is 2.09. The average molecular weight is 264 g/mol. The van der Waals surface area contributed by atoms with Crippen molar-refractivity contribution in [2.24, 2.45) is 5.73 Å². The monoisotopic (exact) mass is 264 g/mol. The summed E-state index contributed by atoms with van der Waals surface area (Å²) in [5.74, 6) is 1.37. The fourth-order valence-corrected chi connectivity index (χ4v) is 2.25. The Bertz CT molecular complexity index is 495. The molecule has 1 aromatic carbocycles. The Hall–Kier alpha value is -1.40. The fraction of sp³-hybridized carbons (Fsp3) is 0.182. The Morgan fingerprint density at radius 1 is 1.35 bits per heavy atom. The van der Waals surface area contributed by atoms with E-state index in [4.69, 9.17) is 18.0 Å². The highest BCUT2D eigenvalue weighted by Crippen LogP contribution is 2.16. The van der Waals surface area contributed by atoms with E-state index in [1.54, 1.807) is 22.8 Å². The van der Waals surface area contributed by atoms with E-state index in [9.17, 15) is 0 Å². The highest BCUT2D eigenvalue weighted by atomic mass is 32.2. The fourth-order valence-electron chi connectivity index (χ4n) is 1.29. The predicted molar refractivity (Wildman–Crippen MR) is 73.1 cm³/mol. The standard InChI is InChI=1S/C11H12N4S2/c12-10(16)11-13-8-15(14-11)6-7-17-9-4-2-1-3-5-9/h1-5,8H,6-7H2,(H2,12,16). The number of nitrogens with zero attached hydrogens (tertiary/aromatic N) is 3. The van der Waals surface area contributed by atoms with Crippen molar-refractivity contribution in [2.75, 3.05) is 5.75 Å². The van der Waals surface area contributed by atoms with Crippen LogP contribution in [0.25, 0.3) is 0 Å². The largest absolute Gasteiger partial charge is 0.387 e. The maximum absolute atomic E-state index is 5.43. The highest BCUT2D eigenvalue weighted by molar-refractivity contribution is 7.99. The number of aryl methyl sites for hydroxylation is 1. The van der Waals surface area contributed by atoms with Crippen LogP contribution < -0.4 is 5.73 Å². The van der Waals surface area contributed by atoms with Gasteiger partial charge in [-0.05, 0) is 12.1 Å². The average Bonchev–Trinajstić information content (AvgIpc) is 2.79. The van der Waals surface area contributed by atoms with Crippen molar-refractivity contribution in [3.63, 3.8) is 0 Å². The lowest BCUT2D eigenvalue weighted by Crippen LogP contribution is -2.12. The number of rotatable bonds is 5. The summed E-state index contributed by atoms with van der Waals surface area (Å²) in [6, 6.07) is 10.3. The smallest absolute Gasteiger partial charge is 0.208 e. The lowest BCUT2D eigenvalue weighted by molar-refractivity contribution is 0.663. The minimum absolute atomic E-state index is 0.236. The molecule has 2 aromatic rings. The van der Waals surface area contributed by atoms with Crippen molar-refractivity contribution in [3.8, 4) is 0 Å². The van der Waals surface area contributed by atoms with Gasteiger partial charge >= 0.3 is 0 Å². The summed E-state index contributed by atoms with van der Waals surface area (Å²) >= 11 is 6.58. The zero-order valence-electron chi connectivity index (χ0n) is 9.11. The molecule has 0 aliphatic rings. The van der Waals surface area contributed by atoms with Crippen molar-refractivity contribution in [1.29, 1.82) is 0 Å². The minimum atomic E-state index is 0.236. The number of hydrogen-bond acceptors (Lipinski definition) is 4. The van der Waals surface area contributed by atoms with Crippen molar-refractivity contribution in [3.05, 3.63) is 42.5 Å². The van der Waals surface area contributed by atoms with Gasteiger partial charge in [-0.25, -0.2) is 4.98 Å². The molecule has 2 N–H and O–H groups in total. The minimum Gasteiger partial charge on any atom is -0.387 e. The van der Waals surface area contributed by atoms with Gasteiger partial charge in [-0.15, -0.1) is 16.9 Å². The second-order valence-electron chi connectivity index (χ2n) is 3.36. The third kappa shape index (κ3) is 3.54. The van der Waals surface area contributed by atoms with E-state index in [1.165, 1.54) is 4.90 Å². The molecule has 0 aliphatic carbocycles. The van der Waals surface area contributed by atoms with Gasteiger partial charge in [0.05, 0.1) is 6.54 Å². The maximum Gasteiger partial charge on any atom is 0.208 e. The number of thioether (sulfide) groups is 1. The van der Waals surface area contributed by atoms with Crippen LogP contribution in [0.15, 0.2) is 41.6 Å². The number of aromatic nitrogens is 3. The summed E-state index contributed by atoms with van der Waals surface area (Å²) in [6.45, 7) is 0.787.